The van der Waals surface area contributed by atoms with E-state index in [1.807, 2.05) is 6.92 Å². The molecule has 1 aliphatic heterocycles. The molecule has 0 spiro atoms. The summed E-state index contributed by atoms with van der Waals surface area (Å²) in [4.78, 5) is 2.19. The van der Waals surface area contributed by atoms with E-state index in [4.69, 9.17) is 5.11 Å². The largest absolute Gasteiger partial charge is 0.390 e. The van der Waals surface area contributed by atoms with Crippen molar-refractivity contribution in [3.63, 3.8) is 0 Å². The van der Waals surface area contributed by atoms with Crippen LogP contribution in [-0.2, 0) is 10.0 Å². The fourth-order valence-electron chi connectivity index (χ4n) is 1.62. The predicted octanol–water partition coefficient (Wildman–Crippen LogP) is 0.730. The van der Waals surface area contributed by atoms with E-state index in [1.54, 1.807) is 13.0 Å². The predicted molar refractivity (Wildman–Crippen MR) is 58.6 cm³/mol. The van der Waals surface area contributed by atoms with E-state index >= 15 is 0 Å². The van der Waals surface area contributed by atoms with Gasteiger partial charge in [0, 0.05) is 22.8 Å². The Bertz CT molecular complexity index is 472. The average Bonchev–Trinajstić information content (AvgIpc) is 2.40. The van der Waals surface area contributed by atoms with Gasteiger partial charge in [0.05, 0.1) is 11.0 Å². The molecule has 15 heavy (non-hydrogen) atoms. The maximum atomic E-state index is 12.0. The van der Waals surface area contributed by atoms with Crippen LogP contribution >= 0.6 is 11.3 Å². The molecule has 1 fully saturated rings. The highest BCUT2D eigenvalue weighted by atomic mass is 32.2. The minimum absolute atomic E-state index is 0.219. The number of β-amino-alcohol motifs (C(OH)–C–C–N with tert-alkyl or cyclic N) is 1. The number of aryl methyl sites for hydroxylation is 2. The summed E-state index contributed by atoms with van der Waals surface area (Å²) in [6.45, 7) is 4.13. The number of sulfonamides is 1. The van der Waals surface area contributed by atoms with Crippen molar-refractivity contribution in [1.29, 1.82) is 0 Å². The third-order valence-corrected chi connectivity index (χ3v) is 5.49. The van der Waals surface area contributed by atoms with Gasteiger partial charge in [-0.05, 0) is 19.9 Å². The highest BCUT2D eigenvalue weighted by Crippen LogP contribution is 2.29. The van der Waals surface area contributed by atoms with Gasteiger partial charge in [-0.3, -0.25) is 0 Å². The Kier molecular flexibility index (Phi) is 2.62. The van der Waals surface area contributed by atoms with Gasteiger partial charge in [0.15, 0.2) is 0 Å². The normalized spacial score (nSPS) is 19.1. The van der Waals surface area contributed by atoms with E-state index < -0.39 is 16.1 Å². The number of rotatable bonds is 2. The van der Waals surface area contributed by atoms with Crippen LogP contribution in [0, 0.1) is 13.8 Å². The van der Waals surface area contributed by atoms with Crippen molar-refractivity contribution >= 4 is 21.4 Å². The first-order valence-electron chi connectivity index (χ1n) is 4.66. The zero-order valence-corrected chi connectivity index (χ0v) is 10.2. The van der Waals surface area contributed by atoms with Crippen LogP contribution < -0.4 is 0 Å². The van der Waals surface area contributed by atoms with Gasteiger partial charge in [0.1, 0.15) is 0 Å². The number of nitrogens with zero attached hydrogens (tertiary/aromatic N) is 1. The number of thiophene rings is 1. The van der Waals surface area contributed by atoms with Gasteiger partial charge < -0.3 is 5.11 Å². The molecule has 1 aromatic rings. The van der Waals surface area contributed by atoms with Crippen molar-refractivity contribution in [2.24, 2.45) is 0 Å². The molecule has 0 aliphatic carbocycles. The molecule has 84 valence electrons. The van der Waals surface area contributed by atoms with Gasteiger partial charge in [-0.2, -0.15) is 4.31 Å². The second kappa shape index (κ2) is 3.55. The van der Waals surface area contributed by atoms with Crippen molar-refractivity contribution in [2.75, 3.05) is 13.1 Å². The standard InChI is InChI=1S/C9H13NO3S2/c1-6-3-9(7(2)14-6)15(12,13)10-4-8(11)5-10/h3,8,11H,4-5H2,1-2H3. The van der Waals surface area contributed by atoms with E-state index in [1.165, 1.54) is 15.6 Å². The summed E-state index contributed by atoms with van der Waals surface area (Å²) in [5, 5.41) is 9.10. The zero-order valence-electron chi connectivity index (χ0n) is 8.60. The van der Waals surface area contributed by atoms with Crippen LogP contribution in [0.4, 0.5) is 0 Å². The lowest BCUT2D eigenvalue weighted by Gasteiger charge is -2.34. The fraction of sp³-hybridized carbons (Fsp3) is 0.556. The molecule has 0 bridgehead atoms. The van der Waals surface area contributed by atoms with Crippen LogP contribution in [0.3, 0.4) is 0 Å². The number of hydrogen-bond acceptors (Lipinski definition) is 4. The number of hydrogen-bond donors (Lipinski definition) is 1. The summed E-state index contributed by atoms with van der Waals surface area (Å²) in [6.07, 6.45) is -0.500. The first-order valence-corrected chi connectivity index (χ1v) is 6.92. The molecular formula is C9H13NO3S2. The summed E-state index contributed by atoms with van der Waals surface area (Å²) in [5.41, 5.74) is 0. The molecule has 0 radical (unpaired) electrons. The van der Waals surface area contributed by atoms with Gasteiger partial charge in [-0.15, -0.1) is 11.3 Å². The SMILES string of the molecule is Cc1cc(S(=O)(=O)N2CC(O)C2)c(C)s1. The molecule has 1 aliphatic rings. The molecule has 6 heteroatoms. The van der Waals surface area contributed by atoms with E-state index in [0.717, 1.165) is 9.75 Å². The second-order valence-corrected chi connectivity index (χ2v) is 7.12. The Balaban J connectivity index is 2.34. The Morgan fingerprint density at radius 3 is 2.47 bits per heavy atom. The van der Waals surface area contributed by atoms with Crippen molar-refractivity contribution < 1.29 is 13.5 Å². The maximum Gasteiger partial charge on any atom is 0.244 e. The van der Waals surface area contributed by atoms with Crippen molar-refractivity contribution in [2.45, 2.75) is 24.8 Å². The Morgan fingerprint density at radius 2 is 2.07 bits per heavy atom. The summed E-state index contributed by atoms with van der Waals surface area (Å²) in [7, 11) is -3.36. The Morgan fingerprint density at radius 1 is 1.47 bits per heavy atom. The van der Waals surface area contributed by atoms with Gasteiger partial charge >= 0.3 is 0 Å². The van der Waals surface area contributed by atoms with Crippen LogP contribution in [0.2, 0.25) is 0 Å². The lowest BCUT2D eigenvalue weighted by molar-refractivity contribution is 0.0548. The van der Waals surface area contributed by atoms with Gasteiger partial charge in [0.25, 0.3) is 0 Å². The van der Waals surface area contributed by atoms with Crippen molar-refractivity contribution in [1.82, 2.24) is 4.31 Å². The molecule has 0 unspecified atom stereocenters. The first kappa shape index (κ1) is 11.1. The third kappa shape index (κ3) is 1.82. The molecule has 2 rings (SSSR count). The summed E-state index contributed by atoms with van der Waals surface area (Å²) >= 11 is 1.48. The van der Waals surface area contributed by atoms with E-state index in [9.17, 15) is 8.42 Å². The molecule has 4 nitrogen and oxygen atoms in total. The summed E-state index contributed by atoms with van der Waals surface area (Å²) in [6, 6.07) is 1.69. The molecular weight excluding hydrogens is 234 g/mol. The molecule has 1 saturated heterocycles. The highest BCUT2D eigenvalue weighted by molar-refractivity contribution is 7.89. The van der Waals surface area contributed by atoms with Crippen LogP contribution in [0.5, 0.6) is 0 Å². The Hall–Kier alpha value is -0.430. The molecule has 2 heterocycles. The third-order valence-electron chi connectivity index (χ3n) is 2.44. The molecule has 1 N–H and O–H groups in total. The molecule has 0 aromatic carbocycles. The molecule has 1 aromatic heterocycles. The van der Waals surface area contributed by atoms with Gasteiger partial charge in [-0.25, -0.2) is 8.42 Å². The number of aliphatic hydroxyl groups excluding tert-OH is 1. The van der Waals surface area contributed by atoms with E-state index in [0.29, 0.717) is 4.90 Å². The smallest absolute Gasteiger partial charge is 0.244 e. The van der Waals surface area contributed by atoms with Crippen LogP contribution in [0.15, 0.2) is 11.0 Å². The molecule has 0 saturated carbocycles. The topological polar surface area (TPSA) is 57.6 Å². The quantitative estimate of drug-likeness (QED) is 0.838. The lowest BCUT2D eigenvalue weighted by atomic mass is 10.2. The molecule has 0 amide bonds. The Labute approximate surface area is 93.2 Å². The second-order valence-electron chi connectivity index (χ2n) is 3.75. The minimum Gasteiger partial charge on any atom is -0.390 e. The van der Waals surface area contributed by atoms with E-state index in [2.05, 4.69) is 0 Å². The molecule has 0 atom stereocenters. The monoisotopic (exact) mass is 247 g/mol. The zero-order chi connectivity index (χ0) is 11.2. The minimum atomic E-state index is -3.36. The van der Waals surface area contributed by atoms with Crippen LogP contribution in [-0.4, -0.2) is 37.0 Å². The van der Waals surface area contributed by atoms with E-state index in [-0.39, 0.29) is 13.1 Å². The van der Waals surface area contributed by atoms with Crippen molar-refractivity contribution in [3.8, 4) is 0 Å². The van der Waals surface area contributed by atoms with Gasteiger partial charge in [0.2, 0.25) is 10.0 Å². The van der Waals surface area contributed by atoms with Gasteiger partial charge in [-0.1, -0.05) is 0 Å². The van der Waals surface area contributed by atoms with Crippen LogP contribution in [0.1, 0.15) is 9.75 Å². The fourth-order valence-corrected chi connectivity index (χ4v) is 4.65. The average molecular weight is 247 g/mol. The van der Waals surface area contributed by atoms with Crippen molar-refractivity contribution in [3.05, 3.63) is 15.8 Å². The summed E-state index contributed by atoms with van der Waals surface area (Å²) < 4.78 is 25.3. The maximum absolute atomic E-state index is 12.0. The highest BCUT2D eigenvalue weighted by Gasteiger charge is 2.36. The van der Waals surface area contributed by atoms with Crippen LogP contribution in [0.25, 0.3) is 0 Å². The summed E-state index contributed by atoms with van der Waals surface area (Å²) in [5.74, 6) is 0. The lowest BCUT2D eigenvalue weighted by Crippen LogP contribution is -2.53. The number of aliphatic hydroxyl groups is 1. The first-order chi connectivity index (χ1) is 6.91.